The third-order valence-electron chi connectivity index (χ3n) is 2.76. The lowest BCUT2D eigenvalue weighted by molar-refractivity contribution is -0.118. The van der Waals surface area contributed by atoms with Crippen molar-refractivity contribution in [2.75, 3.05) is 11.9 Å². The van der Waals surface area contributed by atoms with Crippen molar-refractivity contribution in [2.24, 2.45) is 0 Å². The second-order valence-corrected chi connectivity index (χ2v) is 5.31. The summed E-state index contributed by atoms with van der Waals surface area (Å²) in [7, 11) is 0. The van der Waals surface area contributed by atoms with E-state index in [1.54, 1.807) is 36.4 Å². The number of para-hydroxylation sites is 1. The van der Waals surface area contributed by atoms with E-state index in [4.69, 9.17) is 4.74 Å². The number of hydrogen-bond acceptors (Lipinski definition) is 3. The minimum absolute atomic E-state index is 0.0975. The minimum atomic E-state index is -0.313. The summed E-state index contributed by atoms with van der Waals surface area (Å²) in [5, 5.41) is 2.68. The molecule has 0 bridgehead atoms. The van der Waals surface area contributed by atoms with Crippen molar-refractivity contribution in [3.8, 4) is 5.75 Å². The Labute approximate surface area is 131 Å². The van der Waals surface area contributed by atoms with Crippen molar-refractivity contribution in [3.05, 3.63) is 58.6 Å². The van der Waals surface area contributed by atoms with Crippen LogP contribution in [0.1, 0.15) is 17.3 Å². The molecule has 0 saturated carbocycles. The Bertz CT molecular complexity index is 653. The molecular weight excluding hydrogens is 334 g/mol. The predicted octanol–water partition coefficient (Wildman–Crippen LogP) is 3.67. The van der Waals surface area contributed by atoms with Crippen molar-refractivity contribution in [1.82, 2.24) is 0 Å². The van der Waals surface area contributed by atoms with Crippen LogP contribution in [0, 0.1) is 0 Å². The summed E-state index contributed by atoms with van der Waals surface area (Å²) in [6.07, 6.45) is 0. The first-order valence-electron chi connectivity index (χ1n) is 6.34. The maximum Gasteiger partial charge on any atom is 0.262 e. The van der Waals surface area contributed by atoms with Crippen LogP contribution >= 0.6 is 15.9 Å². The first kappa shape index (κ1) is 15.3. The molecule has 0 fully saturated rings. The Morgan fingerprint density at radius 3 is 2.43 bits per heavy atom. The van der Waals surface area contributed by atoms with E-state index in [2.05, 4.69) is 21.2 Å². The molecule has 0 aliphatic rings. The zero-order chi connectivity index (χ0) is 15.2. The highest BCUT2D eigenvalue weighted by Gasteiger charge is 2.10. The Morgan fingerprint density at radius 2 is 1.76 bits per heavy atom. The molecule has 0 heterocycles. The summed E-state index contributed by atoms with van der Waals surface area (Å²) in [5.74, 6) is 0.194. The van der Waals surface area contributed by atoms with Crippen LogP contribution < -0.4 is 10.1 Å². The molecular formula is C16H14BrNO3. The number of hydrogen-bond donors (Lipinski definition) is 1. The average Bonchev–Trinajstić information content (AvgIpc) is 2.47. The third-order valence-corrected chi connectivity index (χ3v) is 3.29. The van der Waals surface area contributed by atoms with E-state index in [1.165, 1.54) is 6.92 Å². The first-order valence-corrected chi connectivity index (χ1v) is 7.14. The monoisotopic (exact) mass is 347 g/mol. The molecule has 0 aliphatic heterocycles. The molecule has 2 aromatic carbocycles. The highest BCUT2D eigenvalue weighted by molar-refractivity contribution is 9.10. The summed E-state index contributed by atoms with van der Waals surface area (Å²) in [5.41, 5.74) is 0.976. The van der Waals surface area contributed by atoms with E-state index in [0.29, 0.717) is 17.0 Å². The number of ether oxygens (including phenoxy) is 1. The molecule has 5 heteroatoms. The van der Waals surface area contributed by atoms with Gasteiger partial charge in [-0.25, -0.2) is 0 Å². The average molecular weight is 348 g/mol. The van der Waals surface area contributed by atoms with Crippen LogP contribution in [0.5, 0.6) is 5.75 Å². The highest BCUT2D eigenvalue weighted by Crippen LogP contribution is 2.17. The van der Waals surface area contributed by atoms with Crippen LogP contribution in [0.25, 0.3) is 0 Å². The van der Waals surface area contributed by atoms with Crippen molar-refractivity contribution < 1.29 is 14.3 Å². The van der Waals surface area contributed by atoms with Gasteiger partial charge in [0.15, 0.2) is 12.4 Å². The number of amides is 1. The van der Waals surface area contributed by atoms with Gasteiger partial charge in [0.1, 0.15) is 5.75 Å². The van der Waals surface area contributed by atoms with Crippen LogP contribution in [0.4, 0.5) is 5.69 Å². The SMILES string of the molecule is CC(=O)c1ccccc1NC(=O)COc1ccc(Br)cc1. The van der Waals surface area contributed by atoms with Gasteiger partial charge in [0.2, 0.25) is 0 Å². The van der Waals surface area contributed by atoms with Gasteiger partial charge < -0.3 is 10.1 Å². The zero-order valence-electron chi connectivity index (χ0n) is 11.4. The molecule has 1 N–H and O–H groups in total. The molecule has 108 valence electrons. The van der Waals surface area contributed by atoms with Crippen molar-refractivity contribution in [3.63, 3.8) is 0 Å². The second-order valence-electron chi connectivity index (χ2n) is 4.39. The van der Waals surface area contributed by atoms with Crippen molar-refractivity contribution in [1.29, 1.82) is 0 Å². The fourth-order valence-electron chi connectivity index (χ4n) is 1.77. The number of halogens is 1. The summed E-state index contributed by atoms with van der Waals surface area (Å²) >= 11 is 3.32. The van der Waals surface area contributed by atoms with Gasteiger partial charge in [-0.2, -0.15) is 0 Å². The minimum Gasteiger partial charge on any atom is -0.484 e. The molecule has 0 radical (unpaired) electrons. The molecule has 0 unspecified atom stereocenters. The number of anilines is 1. The normalized spacial score (nSPS) is 10.0. The van der Waals surface area contributed by atoms with Gasteiger partial charge in [-0.1, -0.05) is 28.1 Å². The van der Waals surface area contributed by atoms with Gasteiger partial charge in [0.25, 0.3) is 5.91 Å². The zero-order valence-corrected chi connectivity index (χ0v) is 13.0. The van der Waals surface area contributed by atoms with Crippen LogP contribution in [-0.2, 0) is 4.79 Å². The molecule has 2 rings (SSSR count). The quantitative estimate of drug-likeness (QED) is 0.839. The Balaban J connectivity index is 1.96. The van der Waals surface area contributed by atoms with Crippen molar-refractivity contribution in [2.45, 2.75) is 6.92 Å². The summed E-state index contributed by atoms with van der Waals surface area (Å²) < 4.78 is 6.32. The van der Waals surface area contributed by atoms with E-state index < -0.39 is 0 Å². The number of Topliss-reactive ketones (excluding diaryl/α,β-unsaturated/α-hetero) is 1. The van der Waals surface area contributed by atoms with Gasteiger partial charge >= 0.3 is 0 Å². The number of nitrogens with one attached hydrogen (secondary N) is 1. The number of ketones is 1. The Hall–Kier alpha value is -2.14. The maximum atomic E-state index is 11.9. The lowest BCUT2D eigenvalue weighted by atomic mass is 10.1. The molecule has 0 aliphatic carbocycles. The molecule has 0 atom stereocenters. The van der Waals surface area contributed by atoms with E-state index >= 15 is 0 Å². The van der Waals surface area contributed by atoms with Gasteiger partial charge in [-0.15, -0.1) is 0 Å². The van der Waals surface area contributed by atoms with Gasteiger partial charge in [0.05, 0.1) is 5.69 Å². The Morgan fingerprint density at radius 1 is 1.10 bits per heavy atom. The summed E-state index contributed by atoms with van der Waals surface area (Å²) in [6.45, 7) is 1.34. The maximum absolute atomic E-state index is 11.9. The molecule has 2 aromatic rings. The van der Waals surface area contributed by atoms with Crippen LogP contribution in [0.15, 0.2) is 53.0 Å². The van der Waals surface area contributed by atoms with Crippen LogP contribution in [0.2, 0.25) is 0 Å². The van der Waals surface area contributed by atoms with Crippen LogP contribution in [0.3, 0.4) is 0 Å². The van der Waals surface area contributed by atoms with E-state index in [0.717, 1.165) is 4.47 Å². The van der Waals surface area contributed by atoms with Gasteiger partial charge in [-0.05, 0) is 43.3 Å². The largest absolute Gasteiger partial charge is 0.484 e. The number of rotatable bonds is 5. The summed E-state index contributed by atoms with van der Waals surface area (Å²) in [6, 6.07) is 14.1. The second kappa shape index (κ2) is 7.04. The lowest BCUT2D eigenvalue weighted by Crippen LogP contribution is -2.21. The summed E-state index contributed by atoms with van der Waals surface area (Å²) in [4.78, 5) is 23.3. The topological polar surface area (TPSA) is 55.4 Å². The van der Waals surface area contributed by atoms with E-state index in [-0.39, 0.29) is 18.3 Å². The van der Waals surface area contributed by atoms with Crippen molar-refractivity contribution >= 4 is 33.3 Å². The Kier molecular flexibility index (Phi) is 5.11. The van der Waals surface area contributed by atoms with Gasteiger partial charge in [0, 0.05) is 10.0 Å². The number of carbonyl (C=O) groups excluding carboxylic acids is 2. The number of carbonyl (C=O) groups is 2. The van der Waals surface area contributed by atoms with Crippen LogP contribution in [-0.4, -0.2) is 18.3 Å². The molecule has 4 nitrogen and oxygen atoms in total. The molecule has 21 heavy (non-hydrogen) atoms. The standard InChI is InChI=1S/C16H14BrNO3/c1-11(19)14-4-2-3-5-15(14)18-16(20)10-21-13-8-6-12(17)7-9-13/h2-9H,10H2,1H3,(H,18,20). The molecule has 0 saturated heterocycles. The first-order chi connectivity index (χ1) is 10.1. The predicted molar refractivity (Wildman–Crippen MR) is 84.7 cm³/mol. The molecule has 0 aromatic heterocycles. The fraction of sp³-hybridized carbons (Fsp3) is 0.125. The molecule has 1 amide bonds. The highest BCUT2D eigenvalue weighted by atomic mass is 79.9. The van der Waals surface area contributed by atoms with E-state index in [9.17, 15) is 9.59 Å². The number of benzene rings is 2. The third kappa shape index (κ3) is 4.43. The van der Waals surface area contributed by atoms with E-state index in [1.807, 2.05) is 12.1 Å². The smallest absolute Gasteiger partial charge is 0.262 e. The lowest BCUT2D eigenvalue weighted by Gasteiger charge is -2.10. The molecule has 0 spiro atoms. The van der Waals surface area contributed by atoms with Gasteiger partial charge in [-0.3, -0.25) is 9.59 Å². The fourth-order valence-corrected chi connectivity index (χ4v) is 2.03.